The van der Waals surface area contributed by atoms with Gasteiger partial charge in [0.05, 0.1) is 18.6 Å². The molecular weight excluding hydrogens is 152 g/mol. The van der Waals surface area contributed by atoms with Gasteiger partial charge in [-0.1, -0.05) is 6.42 Å². The van der Waals surface area contributed by atoms with Crippen LogP contribution in [0.5, 0.6) is 0 Å². The Kier molecular flexibility index (Phi) is 1.68. The summed E-state index contributed by atoms with van der Waals surface area (Å²) in [6.07, 6.45) is 5.08. The van der Waals surface area contributed by atoms with E-state index in [1.807, 2.05) is 6.92 Å². The monoisotopic (exact) mass is 166 g/mol. The largest absolute Gasteiger partial charge is 0.395 e. The maximum atomic E-state index is 9.28. The summed E-state index contributed by atoms with van der Waals surface area (Å²) in [5.41, 5.74) is 2.16. The minimum atomic E-state index is -0.00984. The number of aliphatic hydroxyl groups is 1. The molecule has 3 nitrogen and oxygen atoms in total. The molecule has 0 amide bonds. The Labute approximate surface area is 71.8 Å². The molecule has 2 N–H and O–H groups in total. The molecule has 2 rings (SSSR count). The van der Waals surface area contributed by atoms with Gasteiger partial charge in [-0.2, -0.15) is 0 Å². The van der Waals surface area contributed by atoms with Crippen LogP contribution in [0.2, 0.25) is 0 Å². The third-order valence-electron chi connectivity index (χ3n) is 2.95. The van der Waals surface area contributed by atoms with Gasteiger partial charge in [-0.05, 0) is 19.8 Å². The second-order valence-electron chi connectivity index (χ2n) is 3.67. The number of imidazole rings is 1. The highest BCUT2D eigenvalue weighted by Gasteiger charge is 2.40. The van der Waals surface area contributed by atoms with E-state index in [9.17, 15) is 5.11 Å². The number of rotatable bonds is 2. The predicted octanol–water partition coefficient (Wildman–Crippen LogP) is 1.13. The number of nitrogens with zero attached hydrogens (tertiary/aromatic N) is 1. The van der Waals surface area contributed by atoms with Crippen molar-refractivity contribution in [1.29, 1.82) is 0 Å². The zero-order chi connectivity index (χ0) is 8.60. The fourth-order valence-electron chi connectivity index (χ4n) is 1.97. The smallest absolute Gasteiger partial charge is 0.0925 e. The average molecular weight is 166 g/mol. The molecule has 66 valence electrons. The molecule has 0 unspecified atom stereocenters. The van der Waals surface area contributed by atoms with E-state index in [-0.39, 0.29) is 12.0 Å². The van der Waals surface area contributed by atoms with Crippen molar-refractivity contribution < 1.29 is 5.11 Å². The Hall–Kier alpha value is -0.830. The molecule has 0 radical (unpaired) electrons. The van der Waals surface area contributed by atoms with Crippen LogP contribution < -0.4 is 0 Å². The van der Waals surface area contributed by atoms with Crippen LogP contribution in [0.3, 0.4) is 0 Å². The van der Waals surface area contributed by atoms with E-state index in [2.05, 4.69) is 9.97 Å². The van der Waals surface area contributed by atoms with E-state index in [0.29, 0.717) is 0 Å². The van der Waals surface area contributed by atoms with Crippen LogP contribution in [0.1, 0.15) is 30.7 Å². The van der Waals surface area contributed by atoms with E-state index >= 15 is 0 Å². The third kappa shape index (κ3) is 0.894. The molecular formula is C9H14N2O. The van der Waals surface area contributed by atoms with Crippen LogP contribution >= 0.6 is 0 Å². The Morgan fingerprint density at radius 2 is 2.42 bits per heavy atom. The first-order valence-electron chi connectivity index (χ1n) is 4.40. The molecule has 0 aliphatic heterocycles. The maximum Gasteiger partial charge on any atom is 0.0925 e. The number of aliphatic hydroxyl groups excluding tert-OH is 1. The number of nitrogens with one attached hydrogen (secondary N) is 1. The van der Waals surface area contributed by atoms with Crippen molar-refractivity contribution in [2.75, 3.05) is 6.61 Å². The molecule has 12 heavy (non-hydrogen) atoms. The minimum Gasteiger partial charge on any atom is -0.395 e. The fourth-order valence-corrected chi connectivity index (χ4v) is 1.97. The van der Waals surface area contributed by atoms with Crippen molar-refractivity contribution in [2.45, 2.75) is 31.6 Å². The summed E-state index contributed by atoms with van der Waals surface area (Å²) < 4.78 is 0. The van der Waals surface area contributed by atoms with Gasteiger partial charge in [0.15, 0.2) is 0 Å². The average Bonchev–Trinajstić information content (AvgIpc) is 2.36. The molecule has 1 saturated carbocycles. The van der Waals surface area contributed by atoms with Gasteiger partial charge in [0, 0.05) is 11.1 Å². The molecule has 0 bridgehead atoms. The first-order chi connectivity index (χ1) is 5.78. The van der Waals surface area contributed by atoms with Gasteiger partial charge in [-0.15, -0.1) is 0 Å². The maximum absolute atomic E-state index is 9.28. The van der Waals surface area contributed by atoms with Crippen molar-refractivity contribution in [3.8, 4) is 0 Å². The van der Waals surface area contributed by atoms with E-state index in [1.54, 1.807) is 6.33 Å². The molecule has 1 aliphatic rings. The van der Waals surface area contributed by atoms with Crippen molar-refractivity contribution in [2.24, 2.45) is 0 Å². The lowest BCUT2D eigenvalue weighted by molar-refractivity contribution is 0.116. The van der Waals surface area contributed by atoms with Crippen LogP contribution in [-0.4, -0.2) is 21.7 Å². The highest BCUT2D eigenvalue weighted by Crippen LogP contribution is 2.43. The normalized spacial score (nSPS) is 20.5. The fraction of sp³-hybridized carbons (Fsp3) is 0.667. The molecule has 1 aromatic heterocycles. The summed E-state index contributed by atoms with van der Waals surface area (Å²) in [6, 6.07) is 0. The van der Waals surface area contributed by atoms with E-state index in [1.165, 1.54) is 6.42 Å². The van der Waals surface area contributed by atoms with Crippen LogP contribution in [0, 0.1) is 6.92 Å². The number of hydrogen-bond acceptors (Lipinski definition) is 2. The predicted molar refractivity (Wildman–Crippen MR) is 45.9 cm³/mol. The summed E-state index contributed by atoms with van der Waals surface area (Å²) in [7, 11) is 0. The lowest BCUT2D eigenvalue weighted by Crippen LogP contribution is -2.38. The second-order valence-corrected chi connectivity index (χ2v) is 3.67. The van der Waals surface area contributed by atoms with Gasteiger partial charge in [0.1, 0.15) is 0 Å². The Balaban J connectivity index is 2.33. The van der Waals surface area contributed by atoms with Crippen LogP contribution in [0.25, 0.3) is 0 Å². The van der Waals surface area contributed by atoms with Crippen molar-refractivity contribution in [3.63, 3.8) is 0 Å². The van der Waals surface area contributed by atoms with Crippen LogP contribution in [0.4, 0.5) is 0 Å². The number of aryl methyl sites for hydroxylation is 1. The van der Waals surface area contributed by atoms with Gasteiger partial charge in [-0.3, -0.25) is 0 Å². The highest BCUT2D eigenvalue weighted by atomic mass is 16.3. The topological polar surface area (TPSA) is 48.9 Å². The zero-order valence-electron chi connectivity index (χ0n) is 7.30. The van der Waals surface area contributed by atoms with Gasteiger partial charge < -0.3 is 10.1 Å². The lowest BCUT2D eigenvalue weighted by atomic mass is 9.67. The SMILES string of the molecule is Cc1[nH]cnc1C1(CO)CCC1. The number of H-pyrrole nitrogens is 1. The van der Waals surface area contributed by atoms with Gasteiger partial charge >= 0.3 is 0 Å². The third-order valence-corrected chi connectivity index (χ3v) is 2.95. The van der Waals surface area contributed by atoms with Crippen molar-refractivity contribution in [3.05, 3.63) is 17.7 Å². The summed E-state index contributed by atoms with van der Waals surface area (Å²) in [5, 5.41) is 9.28. The standard InChI is InChI=1S/C9H14N2O/c1-7-8(11-6-10-7)9(5-12)3-2-4-9/h6,12H,2-5H2,1H3,(H,10,11). The Bertz CT molecular complexity index is 270. The van der Waals surface area contributed by atoms with E-state index < -0.39 is 0 Å². The molecule has 1 fully saturated rings. The second kappa shape index (κ2) is 2.59. The molecule has 0 saturated heterocycles. The molecule has 1 aromatic rings. The summed E-state index contributed by atoms with van der Waals surface area (Å²) in [5.74, 6) is 0. The van der Waals surface area contributed by atoms with Crippen LogP contribution in [-0.2, 0) is 5.41 Å². The Morgan fingerprint density at radius 1 is 1.67 bits per heavy atom. The summed E-state index contributed by atoms with van der Waals surface area (Å²) in [4.78, 5) is 7.32. The number of aromatic nitrogens is 2. The van der Waals surface area contributed by atoms with E-state index in [4.69, 9.17) is 0 Å². The number of aromatic amines is 1. The molecule has 1 aliphatic carbocycles. The lowest BCUT2D eigenvalue weighted by Gasteiger charge is -2.39. The summed E-state index contributed by atoms with van der Waals surface area (Å²) in [6.45, 7) is 2.25. The zero-order valence-corrected chi connectivity index (χ0v) is 7.30. The Morgan fingerprint density at radius 3 is 2.75 bits per heavy atom. The first-order valence-corrected chi connectivity index (χ1v) is 4.40. The van der Waals surface area contributed by atoms with Crippen molar-refractivity contribution >= 4 is 0 Å². The molecule has 0 spiro atoms. The number of hydrogen-bond donors (Lipinski definition) is 2. The summed E-state index contributed by atoms with van der Waals surface area (Å²) >= 11 is 0. The van der Waals surface area contributed by atoms with Gasteiger partial charge in [-0.25, -0.2) is 4.98 Å². The highest BCUT2D eigenvalue weighted by molar-refractivity contribution is 5.24. The van der Waals surface area contributed by atoms with Gasteiger partial charge in [0.2, 0.25) is 0 Å². The van der Waals surface area contributed by atoms with Crippen molar-refractivity contribution in [1.82, 2.24) is 9.97 Å². The molecule has 1 heterocycles. The van der Waals surface area contributed by atoms with E-state index in [0.717, 1.165) is 24.2 Å². The molecule has 0 aromatic carbocycles. The molecule has 3 heteroatoms. The minimum absolute atomic E-state index is 0.00984. The first kappa shape index (κ1) is 7.80. The quantitative estimate of drug-likeness (QED) is 0.692. The molecule has 0 atom stereocenters. The van der Waals surface area contributed by atoms with Gasteiger partial charge in [0.25, 0.3) is 0 Å². The van der Waals surface area contributed by atoms with Crippen LogP contribution in [0.15, 0.2) is 6.33 Å².